The number of carbonyl (C=O) groups excluding carboxylic acids is 1. The van der Waals surface area contributed by atoms with Crippen molar-refractivity contribution in [3.63, 3.8) is 0 Å². The summed E-state index contributed by atoms with van der Waals surface area (Å²) < 4.78 is 73.6. The third kappa shape index (κ3) is 11.0. The smallest absolute Gasteiger partial charge is 0.415 e. The molecule has 12 heteroatoms. The number of halogens is 4. The Bertz CT molecular complexity index is 1020. The van der Waals surface area contributed by atoms with Crippen molar-refractivity contribution in [2.24, 2.45) is 0 Å². The first-order chi connectivity index (χ1) is 17.5. The molecule has 0 aliphatic rings. The number of amides is 1. The summed E-state index contributed by atoms with van der Waals surface area (Å²) in [6, 6.07) is 9.00. The van der Waals surface area contributed by atoms with Crippen molar-refractivity contribution in [3.05, 3.63) is 59.7 Å². The maximum absolute atomic E-state index is 13.9. The molecule has 2 rings (SSSR count). The number of hydrogen-bond acceptors (Lipinski definition) is 6. The van der Waals surface area contributed by atoms with Crippen molar-refractivity contribution in [3.8, 4) is 11.5 Å². The van der Waals surface area contributed by atoms with Crippen LogP contribution in [-0.4, -0.2) is 73.6 Å². The van der Waals surface area contributed by atoms with Crippen LogP contribution in [0.1, 0.15) is 19.4 Å². The zero-order chi connectivity index (χ0) is 27.4. The first kappa shape index (κ1) is 29.8. The maximum Gasteiger partial charge on any atom is 0.415 e. The third-order valence-electron chi connectivity index (χ3n) is 4.83. The summed E-state index contributed by atoms with van der Waals surface area (Å²) in [5.74, 6) is -6.13. The second-order valence-corrected chi connectivity index (χ2v) is 8.03. The molecule has 0 saturated carbocycles. The summed E-state index contributed by atoms with van der Waals surface area (Å²) in [6.45, 7) is 1.29. The monoisotopic (exact) mass is 531 g/mol. The zero-order valence-electron chi connectivity index (χ0n) is 20.4. The van der Waals surface area contributed by atoms with Crippen LogP contribution in [0.5, 0.6) is 11.5 Å². The molecule has 0 spiro atoms. The van der Waals surface area contributed by atoms with Crippen LogP contribution in [0.25, 0.3) is 0 Å². The number of hydrogen-bond donors (Lipinski definition) is 1. The second kappa shape index (κ2) is 14.4. The molecule has 8 nitrogen and oxygen atoms in total. The molecule has 1 atom stereocenters. The van der Waals surface area contributed by atoms with Gasteiger partial charge in [0.1, 0.15) is 24.8 Å². The highest BCUT2D eigenvalue weighted by Gasteiger charge is 2.23. The molecule has 1 unspecified atom stereocenters. The standard InChI is InChI=1S/C25H29F4NO7/c1-3-35-22(23(31)32)14-17-4-7-19(8-5-17)36-13-11-30(10-12-34-16-25(2,28)29)24(33)37-21-9-6-18(26)15-20(21)27/h4-9,15,22H,3,10-14,16H2,1-2H3,(H,31,32). The van der Waals surface area contributed by atoms with E-state index in [-0.39, 0.29) is 39.3 Å². The molecule has 0 saturated heterocycles. The molecule has 0 radical (unpaired) electrons. The van der Waals surface area contributed by atoms with Crippen molar-refractivity contribution < 1.29 is 51.2 Å². The summed E-state index contributed by atoms with van der Waals surface area (Å²) in [4.78, 5) is 24.9. The highest BCUT2D eigenvalue weighted by molar-refractivity contribution is 5.72. The van der Waals surface area contributed by atoms with Gasteiger partial charge >= 0.3 is 12.1 Å². The lowest BCUT2D eigenvalue weighted by atomic mass is 10.1. The van der Waals surface area contributed by atoms with Gasteiger partial charge in [0.25, 0.3) is 5.92 Å². The number of rotatable bonds is 15. The van der Waals surface area contributed by atoms with Gasteiger partial charge in [0.15, 0.2) is 17.7 Å². The molecule has 37 heavy (non-hydrogen) atoms. The van der Waals surface area contributed by atoms with Gasteiger partial charge in [-0.25, -0.2) is 27.2 Å². The minimum absolute atomic E-state index is 0.0407. The molecular formula is C25H29F4NO7. The van der Waals surface area contributed by atoms with Gasteiger partial charge in [-0.3, -0.25) is 0 Å². The van der Waals surface area contributed by atoms with E-state index in [9.17, 15) is 32.3 Å². The minimum Gasteiger partial charge on any atom is -0.492 e. The molecule has 0 heterocycles. The molecule has 204 valence electrons. The van der Waals surface area contributed by atoms with Crippen LogP contribution in [0.15, 0.2) is 42.5 Å². The maximum atomic E-state index is 13.9. The van der Waals surface area contributed by atoms with Crippen LogP contribution in [0.4, 0.5) is 22.4 Å². The zero-order valence-corrected chi connectivity index (χ0v) is 20.4. The van der Waals surface area contributed by atoms with Crippen LogP contribution >= 0.6 is 0 Å². The quantitative estimate of drug-likeness (QED) is 0.266. The van der Waals surface area contributed by atoms with Gasteiger partial charge in [-0.05, 0) is 36.8 Å². The highest BCUT2D eigenvalue weighted by Crippen LogP contribution is 2.19. The van der Waals surface area contributed by atoms with Crippen LogP contribution in [-0.2, 0) is 20.7 Å². The molecule has 2 aromatic rings. The first-order valence-corrected chi connectivity index (χ1v) is 11.4. The third-order valence-corrected chi connectivity index (χ3v) is 4.83. The Morgan fingerprint density at radius 2 is 1.73 bits per heavy atom. The fourth-order valence-electron chi connectivity index (χ4n) is 3.07. The van der Waals surface area contributed by atoms with E-state index in [4.69, 9.17) is 18.9 Å². The predicted molar refractivity (Wildman–Crippen MR) is 124 cm³/mol. The van der Waals surface area contributed by atoms with Gasteiger partial charge in [0.2, 0.25) is 0 Å². The van der Waals surface area contributed by atoms with Crippen LogP contribution in [0, 0.1) is 11.6 Å². The SMILES string of the molecule is CCOC(Cc1ccc(OCCN(CCOCC(C)(F)F)C(=O)Oc2ccc(F)cc2F)cc1)C(=O)O. The molecule has 0 bridgehead atoms. The van der Waals surface area contributed by atoms with Gasteiger partial charge in [-0.15, -0.1) is 0 Å². The average molecular weight is 531 g/mol. The Hall–Kier alpha value is -3.38. The summed E-state index contributed by atoms with van der Waals surface area (Å²) >= 11 is 0. The van der Waals surface area contributed by atoms with Crippen molar-refractivity contribution >= 4 is 12.1 Å². The van der Waals surface area contributed by atoms with Crippen molar-refractivity contribution in [1.82, 2.24) is 4.90 Å². The van der Waals surface area contributed by atoms with Crippen LogP contribution < -0.4 is 9.47 Å². The molecular weight excluding hydrogens is 502 g/mol. The normalized spacial score (nSPS) is 12.2. The Balaban J connectivity index is 1.96. The number of nitrogens with zero attached hydrogens (tertiary/aromatic N) is 1. The Morgan fingerprint density at radius 1 is 1.05 bits per heavy atom. The molecule has 2 aromatic carbocycles. The lowest BCUT2D eigenvalue weighted by Crippen LogP contribution is -2.39. The lowest BCUT2D eigenvalue weighted by molar-refractivity contribution is -0.149. The van der Waals surface area contributed by atoms with Crippen molar-refractivity contribution in [1.29, 1.82) is 0 Å². The fraction of sp³-hybridized carbons (Fsp3) is 0.440. The van der Waals surface area contributed by atoms with E-state index in [0.29, 0.717) is 24.3 Å². The van der Waals surface area contributed by atoms with Crippen LogP contribution in [0.3, 0.4) is 0 Å². The Labute approximate surface area is 211 Å². The lowest BCUT2D eigenvalue weighted by Gasteiger charge is -2.22. The van der Waals surface area contributed by atoms with Gasteiger partial charge < -0.3 is 29.0 Å². The Morgan fingerprint density at radius 3 is 2.32 bits per heavy atom. The van der Waals surface area contributed by atoms with Gasteiger partial charge in [-0.1, -0.05) is 12.1 Å². The van der Waals surface area contributed by atoms with E-state index in [1.165, 1.54) is 0 Å². The van der Waals surface area contributed by atoms with Crippen molar-refractivity contribution in [2.45, 2.75) is 32.3 Å². The molecule has 1 amide bonds. The highest BCUT2D eigenvalue weighted by atomic mass is 19.3. The molecule has 0 aliphatic carbocycles. The van der Waals surface area contributed by atoms with Crippen molar-refractivity contribution in [2.75, 3.05) is 39.5 Å². The summed E-state index contributed by atoms with van der Waals surface area (Å²) in [5.41, 5.74) is 0.713. The van der Waals surface area contributed by atoms with Gasteiger partial charge in [0.05, 0.1) is 13.2 Å². The molecule has 0 aromatic heterocycles. The number of alkyl halides is 2. The van der Waals surface area contributed by atoms with E-state index in [2.05, 4.69) is 0 Å². The summed E-state index contributed by atoms with van der Waals surface area (Å²) in [7, 11) is 0. The molecule has 0 aliphatic heterocycles. The number of aliphatic carboxylic acids is 1. The van der Waals surface area contributed by atoms with E-state index in [1.807, 2.05) is 0 Å². The number of benzene rings is 2. The number of carboxylic acid groups (broad SMARTS) is 1. The number of carboxylic acids is 1. The Kier molecular flexibility index (Phi) is 11.6. The van der Waals surface area contributed by atoms with E-state index in [0.717, 1.165) is 17.0 Å². The van der Waals surface area contributed by atoms with Crippen LogP contribution in [0.2, 0.25) is 0 Å². The summed E-state index contributed by atoms with van der Waals surface area (Å²) in [6.07, 6.45) is -1.82. The largest absolute Gasteiger partial charge is 0.492 e. The summed E-state index contributed by atoms with van der Waals surface area (Å²) in [5, 5.41) is 9.20. The number of carbonyl (C=O) groups is 2. The number of ether oxygens (including phenoxy) is 4. The van der Waals surface area contributed by atoms with Gasteiger partial charge in [-0.2, -0.15) is 0 Å². The molecule has 1 N–H and O–H groups in total. The first-order valence-electron chi connectivity index (χ1n) is 11.4. The van der Waals surface area contributed by atoms with E-state index >= 15 is 0 Å². The average Bonchev–Trinajstić information content (AvgIpc) is 2.82. The predicted octanol–water partition coefficient (Wildman–Crippen LogP) is 4.55. The fourth-order valence-corrected chi connectivity index (χ4v) is 3.07. The van der Waals surface area contributed by atoms with E-state index < -0.39 is 48.1 Å². The minimum atomic E-state index is -3.05. The molecule has 0 fully saturated rings. The van der Waals surface area contributed by atoms with E-state index in [1.54, 1.807) is 31.2 Å². The second-order valence-electron chi connectivity index (χ2n) is 8.03. The topological polar surface area (TPSA) is 94.5 Å². The van der Waals surface area contributed by atoms with Gasteiger partial charge in [0, 0.05) is 32.6 Å².